The molecule has 0 aliphatic heterocycles. The van der Waals surface area contributed by atoms with Crippen LogP contribution in [0.1, 0.15) is 40.1 Å². The van der Waals surface area contributed by atoms with Crippen molar-refractivity contribution in [3.8, 4) is 11.8 Å². The summed E-state index contributed by atoms with van der Waals surface area (Å²) in [7, 11) is 0. The van der Waals surface area contributed by atoms with Crippen molar-refractivity contribution in [2.45, 2.75) is 19.1 Å². The highest BCUT2D eigenvalue weighted by molar-refractivity contribution is 5.94. The first-order valence-electron chi connectivity index (χ1n) is 8.32. The van der Waals surface area contributed by atoms with Gasteiger partial charge in [-0.15, -0.1) is 0 Å². The fraction of sp³-hybridized carbons (Fsp3) is 0.150. The Kier molecular flexibility index (Phi) is 5.18. The van der Waals surface area contributed by atoms with Crippen molar-refractivity contribution in [2.75, 3.05) is 0 Å². The van der Waals surface area contributed by atoms with E-state index in [4.69, 9.17) is 5.26 Å². The molecule has 8 heteroatoms. The number of carbonyl (C=O) groups excluding carboxylic acids is 1. The number of aromatic nitrogens is 2. The third-order valence-corrected chi connectivity index (χ3v) is 4.16. The van der Waals surface area contributed by atoms with E-state index in [-0.39, 0.29) is 11.9 Å². The van der Waals surface area contributed by atoms with Crippen LogP contribution in [0, 0.1) is 11.3 Å². The minimum absolute atomic E-state index is 0.277. The molecule has 5 nitrogen and oxygen atoms in total. The van der Waals surface area contributed by atoms with Gasteiger partial charge in [-0.1, -0.05) is 12.1 Å². The van der Waals surface area contributed by atoms with Crippen LogP contribution in [0.5, 0.6) is 0 Å². The van der Waals surface area contributed by atoms with E-state index in [2.05, 4.69) is 10.4 Å². The molecule has 28 heavy (non-hydrogen) atoms. The van der Waals surface area contributed by atoms with Crippen molar-refractivity contribution in [3.63, 3.8) is 0 Å². The number of halogens is 3. The van der Waals surface area contributed by atoms with Gasteiger partial charge in [0.2, 0.25) is 0 Å². The number of alkyl halides is 3. The average Bonchev–Trinajstić information content (AvgIpc) is 3.19. The van der Waals surface area contributed by atoms with E-state index in [0.29, 0.717) is 16.8 Å². The molecule has 0 aliphatic carbocycles. The van der Waals surface area contributed by atoms with Gasteiger partial charge in [0, 0.05) is 11.8 Å². The summed E-state index contributed by atoms with van der Waals surface area (Å²) < 4.78 is 39.0. The van der Waals surface area contributed by atoms with E-state index < -0.39 is 11.9 Å². The van der Waals surface area contributed by atoms with E-state index in [0.717, 1.165) is 16.3 Å². The largest absolute Gasteiger partial charge is 0.435 e. The second kappa shape index (κ2) is 7.56. The fourth-order valence-corrected chi connectivity index (χ4v) is 2.59. The first-order valence-corrected chi connectivity index (χ1v) is 8.32. The first kappa shape index (κ1) is 19.2. The Morgan fingerprint density at radius 2 is 1.75 bits per heavy atom. The molecule has 2 aromatic carbocycles. The van der Waals surface area contributed by atoms with E-state index >= 15 is 0 Å². The zero-order chi connectivity index (χ0) is 20.3. The Morgan fingerprint density at radius 3 is 2.29 bits per heavy atom. The van der Waals surface area contributed by atoms with E-state index in [1.165, 1.54) is 30.5 Å². The van der Waals surface area contributed by atoms with Gasteiger partial charge in [-0.05, 0) is 55.0 Å². The quantitative estimate of drug-likeness (QED) is 0.731. The summed E-state index contributed by atoms with van der Waals surface area (Å²) >= 11 is 0. The van der Waals surface area contributed by atoms with E-state index in [9.17, 15) is 18.0 Å². The molecule has 0 saturated carbocycles. The molecule has 0 aliphatic rings. The van der Waals surface area contributed by atoms with Gasteiger partial charge in [-0.3, -0.25) is 4.79 Å². The number of nitrogens with one attached hydrogen (secondary N) is 1. The minimum Gasteiger partial charge on any atom is -0.346 e. The average molecular weight is 384 g/mol. The molecule has 1 heterocycles. The Hall–Kier alpha value is -3.60. The third kappa shape index (κ3) is 4.20. The summed E-state index contributed by atoms with van der Waals surface area (Å²) in [6.07, 6.45) is -3.29. The SMILES string of the molecule is CC(NC(=O)c1ccc(-n2ccc(C(F)(F)F)n2)cc1)c1ccc(C#N)cc1. The molecule has 1 N–H and O–H groups in total. The van der Waals surface area contributed by atoms with E-state index in [1.54, 1.807) is 24.3 Å². The van der Waals surface area contributed by atoms with Crippen molar-refractivity contribution in [1.82, 2.24) is 15.1 Å². The van der Waals surface area contributed by atoms with Crippen LogP contribution in [0.15, 0.2) is 60.8 Å². The van der Waals surface area contributed by atoms with Crippen LogP contribution in [-0.2, 0) is 6.18 Å². The van der Waals surface area contributed by atoms with Crippen molar-refractivity contribution >= 4 is 5.91 Å². The maximum absolute atomic E-state index is 12.6. The van der Waals surface area contributed by atoms with Crippen LogP contribution < -0.4 is 5.32 Å². The molecule has 0 saturated heterocycles. The maximum Gasteiger partial charge on any atom is 0.435 e. The zero-order valence-electron chi connectivity index (χ0n) is 14.7. The molecule has 1 amide bonds. The van der Waals surface area contributed by atoms with Crippen LogP contribution in [0.4, 0.5) is 13.2 Å². The molecular weight excluding hydrogens is 369 g/mol. The second-order valence-corrected chi connectivity index (χ2v) is 6.12. The Labute approximate surface area is 159 Å². The van der Waals surface area contributed by atoms with Gasteiger partial charge in [-0.2, -0.15) is 23.5 Å². The lowest BCUT2D eigenvalue weighted by Gasteiger charge is -2.14. The normalized spacial score (nSPS) is 12.2. The third-order valence-electron chi connectivity index (χ3n) is 4.16. The summed E-state index contributed by atoms with van der Waals surface area (Å²) in [5.74, 6) is -0.320. The number of nitriles is 1. The van der Waals surface area contributed by atoms with Crippen molar-refractivity contribution < 1.29 is 18.0 Å². The van der Waals surface area contributed by atoms with Crippen LogP contribution in [0.25, 0.3) is 5.69 Å². The maximum atomic E-state index is 12.6. The fourth-order valence-electron chi connectivity index (χ4n) is 2.59. The van der Waals surface area contributed by atoms with Crippen LogP contribution in [0.3, 0.4) is 0 Å². The van der Waals surface area contributed by atoms with Gasteiger partial charge in [0.15, 0.2) is 5.69 Å². The van der Waals surface area contributed by atoms with Crippen molar-refractivity contribution in [1.29, 1.82) is 5.26 Å². The van der Waals surface area contributed by atoms with Gasteiger partial charge in [-0.25, -0.2) is 4.68 Å². The lowest BCUT2D eigenvalue weighted by atomic mass is 10.1. The van der Waals surface area contributed by atoms with Crippen LogP contribution >= 0.6 is 0 Å². The van der Waals surface area contributed by atoms with Gasteiger partial charge < -0.3 is 5.32 Å². The smallest absolute Gasteiger partial charge is 0.346 e. The number of hydrogen-bond acceptors (Lipinski definition) is 3. The minimum atomic E-state index is -4.51. The summed E-state index contributed by atoms with van der Waals surface area (Å²) in [5.41, 5.74) is 1.18. The molecule has 0 radical (unpaired) electrons. The number of benzene rings is 2. The van der Waals surface area contributed by atoms with Gasteiger partial charge in [0.05, 0.1) is 23.4 Å². The second-order valence-electron chi connectivity index (χ2n) is 6.12. The molecular formula is C20H15F3N4O. The summed E-state index contributed by atoms with van der Waals surface area (Å²) in [6.45, 7) is 1.82. The highest BCUT2D eigenvalue weighted by atomic mass is 19.4. The summed E-state index contributed by atoms with van der Waals surface area (Å²) in [5, 5.41) is 15.2. The molecule has 3 rings (SSSR count). The van der Waals surface area contributed by atoms with Crippen molar-refractivity contribution in [2.24, 2.45) is 0 Å². The highest BCUT2D eigenvalue weighted by Crippen LogP contribution is 2.27. The van der Waals surface area contributed by atoms with E-state index in [1.807, 2.05) is 13.0 Å². The summed E-state index contributed by atoms with van der Waals surface area (Å²) in [4.78, 5) is 12.4. The monoisotopic (exact) mass is 384 g/mol. The van der Waals surface area contributed by atoms with Crippen LogP contribution in [-0.4, -0.2) is 15.7 Å². The number of carbonyl (C=O) groups is 1. The molecule has 1 unspecified atom stereocenters. The molecule has 0 bridgehead atoms. The van der Waals surface area contributed by atoms with Crippen molar-refractivity contribution in [3.05, 3.63) is 83.2 Å². The predicted octanol–water partition coefficient (Wildman–Crippen LogP) is 4.25. The number of hydrogen-bond donors (Lipinski definition) is 1. The molecule has 0 spiro atoms. The zero-order valence-corrected chi connectivity index (χ0v) is 14.7. The standard InChI is InChI=1S/C20H15F3N4O/c1-13(15-4-2-14(12-24)3-5-15)25-19(28)16-6-8-17(9-7-16)27-11-10-18(26-27)20(21,22)23/h2-11,13H,1H3,(H,25,28). The van der Waals surface area contributed by atoms with Gasteiger partial charge in [0.1, 0.15) is 0 Å². The predicted molar refractivity (Wildman–Crippen MR) is 95.6 cm³/mol. The number of rotatable bonds is 4. The molecule has 0 fully saturated rings. The lowest BCUT2D eigenvalue weighted by molar-refractivity contribution is -0.141. The lowest BCUT2D eigenvalue weighted by Crippen LogP contribution is -2.26. The Morgan fingerprint density at radius 1 is 1.11 bits per heavy atom. The first-order chi connectivity index (χ1) is 13.3. The number of amides is 1. The Bertz CT molecular complexity index is 1020. The Balaban J connectivity index is 1.69. The van der Waals surface area contributed by atoms with Gasteiger partial charge in [0.25, 0.3) is 5.91 Å². The number of nitrogens with zero attached hydrogens (tertiary/aromatic N) is 3. The molecule has 3 aromatic rings. The topological polar surface area (TPSA) is 70.7 Å². The molecule has 1 atom stereocenters. The molecule has 1 aromatic heterocycles. The summed E-state index contributed by atoms with van der Waals surface area (Å²) in [6, 6.07) is 15.6. The van der Waals surface area contributed by atoms with Gasteiger partial charge >= 0.3 is 6.18 Å². The highest BCUT2D eigenvalue weighted by Gasteiger charge is 2.33. The molecule has 142 valence electrons. The van der Waals surface area contributed by atoms with Crippen LogP contribution in [0.2, 0.25) is 0 Å².